The molecular formula is C17H22ClNO. The number of nitrogens with one attached hydrogen (secondary N) is 1. The van der Waals surface area contributed by atoms with Crippen LogP contribution in [0.25, 0.3) is 0 Å². The molecule has 0 atom stereocenters. The van der Waals surface area contributed by atoms with E-state index >= 15 is 0 Å². The number of aryl methyl sites for hydroxylation is 1. The minimum Gasteiger partial charge on any atom is -0.497 e. The Kier molecular flexibility index (Phi) is 7.13. The molecule has 2 nitrogen and oxygen atoms in total. The van der Waals surface area contributed by atoms with Gasteiger partial charge in [0.1, 0.15) is 5.75 Å². The van der Waals surface area contributed by atoms with Gasteiger partial charge in [-0.25, -0.2) is 0 Å². The van der Waals surface area contributed by atoms with Crippen LogP contribution in [-0.2, 0) is 19.5 Å². The maximum atomic E-state index is 5.14. The van der Waals surface area contributed by atoms with Crippen molar-refractivity contribution in [2.24, 2.45) is 0 Å². The molecule has 0 bridgehead atoms. The molecule has 0 unspecified atom stereocenters. The second-order valence-electron chi connectivity index (χ2n) is 4.62. The molecule has 0 aromatic heterocycles. The molecule has 0 radical (unpaired) electrons. The van der Waals surface area contributed by atoms with Crippen molar-refractivity contribution in [1.29, 1.82) is 0 Å². The third-order valence-corrected chi connectivity index (χ3v) is 3.25. The van der Waals surface area contributed by atoms with E-state index in [2.05, 4.69) is 48.6 Å². The quantitative estimate of drug-likeness (QED) is 0.869. The minimum absolute atomic E-state index is 0. The first-order valence-corrected chi connectivity index (χ1v) is 6.73. The van der Waals surface area contributed by atoms with Gasteiger partial charge in [0, 0.05) is 13.1 Å². The molecule has 0 amide bonds. The van der Waals surface area contributed by atoms with E-state index in [1.807, 2.05) is 12.1 Å². The molecule has 0 saturated heterocycles. The summed E-state index contributed by atoms with van der Waals surface area (Å²) in [6.07, 6.45) is 1.10. The highest BCUT2D eigenvalue weighted by atomic mass is 35.5. The largest absolute Gasteiger partial charge is 0.497 e. The van der Waals surface area contributed by atoms with Crippen LogP contribution in [0.1, 0.15) is 23.6 Å². The normalized spacial score (nSPS) is 9.90. The van der Waals surface area contributed by atoms with Gasteiger partial charge in [0.15, 0.2) is 0 Å². The molecule has 0 aliphatic carbocycles. The van der Waals surface area contributed by atoms with Gasteiger partial charge in [-0.1, -0.05) is 43.3 Å². The number of methoxy groups -OCH3 is 1. The van der Waals surface area contributed by atoms with Crippen molar-refractivity contribution >= 4 is 12.4 Å². The molecule has 2 rings (SSSR count). The molecule has 0 heterocycles. The Morgan fingerprint density at radius 1 is 0.800 bits per heavy atom. The predicted octanol–water partition coefficient (Wildman–Crippen LogP) is 3.97. The van der Waals surface area contributed by atoms with Crippen LogP contribution < -0.4 is 10.1 Å². The summed E-state index contributed by atoms with van der Waals surface area (Å²) in [7, 11) is 1.69. The molecule has 2 aromatic carbocycles. The Morgan fingerprint density at radius 3 is 1.70 bits per heavy atom. The fourth-order valence-corrected chi connectivity index (χ4v) is 1.99. The Hall–Kier alpha value is -1.51. The van der Waals surface area contributed by atoms with E-state index < -0.39 is 0 Å². The number of hydrogen-bond acceptors (Lipinski definition) is 2. The zero-order valence-corrected chi connectivity index (χ0v) is 12.9. The van der Waals surface area contributed by atoms with Crippen molar-refractivity contribution in [2.45, 2.75) is 26.4 Å². The highest BCUT2D eigenvalue weighted by Gasteiger charge is 1.96. The molecule has 0 aliphatic heterocycles. The maximum Gasteiger partial charge on any atom is 0.118 e. The van der Waals surface area contributed by atoms with Crippen LogP contribution in [0.15, 0.2) is 48.5 Å². The number of ether oxygens (including phenoxy) is 1. The molecule has 0 fully saturated rings. The van der Waals surface area contributed by atoms with Crippen molar-refractivity contribution in [2.75, 3.05) is 7.11 Å². The molecule has 0 saturated carbocycles. The lowest BCUT2D eigenvalue weighted by Gasteiger charge is -2.07. The van der Waals surface area contributed by atoms with E-state index in [1.165, 1.54) is 16.7 Å². The Labute approximate surface area is 127 Å². The Balaban J connectivity index is 0.00000200. The van der Waals surface area contributed by atoms with Gasteiger partial charge in [0.25, 0.3) is 0 Å². The lowest BCUT2D eigenvalue weighted by Crippen LogP contribution is -2.12. The van der Waals surface area contributed by atoms with E-state index in [0.717, 1.165) is 25.3 Å². The molecule has 1 N–H and O–H groups in total. The maximum absolute atomic E-state index is 5.14. The smallest absolute Gasteiger partial charge is 0.118 e. The zero-order chi connectivity index (χ0) is 13.5. The van der Waals surface area contributed by atoms with Crippen LogP contribution in [0.5, 0.6) is 5.75 Å². The summed E-state index contributed by atoms with van der Waals surface area (Å²) in [6.45, 7) is 3.95. The van der Waals surface area contributed by atoms with Crippen LogP contribution in [0.3, 0.4) is 0 Å². The van der Waals surface area contributed by atoms with E-state index in [9.17, 15) is 0 Å². The van der Waals surface area contributed by atoms with Crippen molar-refractivity contribution in [3.63, 3.8) is 0 Å². The first-order valence-electron chi connectivity index (χ1n) is 6.73. The lowest BCUT2D eigenvalue weighted by atomic mass is 10.1. The van der Waals surface area contributed by atoms with Crippen molar-refractivity contribution < 1.29 is 4.74 Å². The van der Waals surface area contributed by atoms with Crippen molar-refractivity contribution in [3.05, 3.63) is 65.2 Å². The topological polar surface area (TPSA) is 21.3 Å². The van der Waals surface area contributed by atoms with Crippen molar-refractivity contribution in [1.82, 2.24) is 5.32 Å². The van der Waals surface area contributed by atoms with Gasteiger partial charge in [0.05, 0.1) is 7.11 Å². The van der Waals surface area contributed by atoms with Gasteiger partial charge in [-0.15, -0.1) is 12.4 Å². The second kappa shape index (κ2) is 8.62. The van der Waals surface area contributed by atoms with Crippen LogP contribution in [0.4, 0.5) is 0 Å². The Morgan fingerprint density at radius 2 is 1.25 bits per heavy atom. The highest BCUT2D eigenvalue weighted by molar-refractivity contribution is 5.85. The summed E-state index contributed by atoms with van der Waals surface area (Å²) in [5.74, 6) is 0.902. The fourth-order valence-electron chi connectivity index (χ4n) is 1.99. The molecule has 0 aliphatic rings. The molecular weight excluding hydrogens is 270 g/mol. The van der Waals surface area contributed by atoms with Crippen LogP contribution in [0.2, 0.25) is 0 Å². The molecule has 20 heavy (non-hydrogen) atoms. The summed E-state index contributed by atoms with van der Waals surface area (Å²) in [5.41, 5.74) is 3.98. The van der Waals surface area contributed by atoms with E-state index in [-0.39, 0.29) is 12.4 Å². The number of hydrogen-bond donors (Lipinski definition) is 1. The zero-order valence-electron chi connectivity index (χ0n) is 12.1. The van der Waals surface area contributed by atoms with Crippen LogP contribution in [0, 0.1) is 0 Å². The van der Waals surface area contributed by atoms with Gasteiger partial charge in [-0.05, 0) is 35.2 Å². The number of halogens is 1. The SMILES string of the molecule is CCc1ccc(CNCc2ccc(OC)cc2)cc1.Cl. The monoisotopic (exact) mass is 291 g/mol. The highest BCUT2D eigenvalue weighted by Crippen LogP contribution is 2.11. The Bertz CT molecular complexity index is 446. The summed E-state index contributed by atoms with van der Waals surface area (Å²) in [6, 6.07) is 17.0. The fraction of sp³-hybridized carbons (Fsp3) is 0.294. The molecule has 0 spiro atoms. The third-order valence-electron chi connectivity index (χ3n) is 3.25. The minimum atomic E-state index is 0. The van der Waals surface area contributed by atoms with Gasteiger partial charge < -0.3 is 10.1 Å². The summed E-state index contributed by atoms with van der Waals surface area (Å²) in [5, 5.41) is 3.45. The average molecular weight is 292 g/mol. The molecule has 108 valence electrons. The number of benzene rings is 2. The number of rotatable bonds is 6. The van der Waals surface area contributed by atoms with Crippen LogP contribution >= 0.6 is 12.4 Å². The molecule has 2 aromatic rings. The first-order chi connectivity index (χ1) is 9.31. The standard InChI is InChI=1S/C17H21NO.ClH/c1-3-14-4-6-15(7-5-14)12-18-13-16-8-10-17(19-2)11-9-16;/h4-11,18H,3,12-13H2,1-2H3;1H. The summed E-state index contributed by atoms with van der Waals surface area (Å²) in [4.78, 5) is 0. The third kappa shape index (κ3) is 4.87. The first kappa shape index (κ1) is 16.5. The average Bonchev–Trinajstić information content (AvgIpc) is 2.49. The van der Waals surface area contributed by atoms with E-state index in [1.54, 1.807) is 7.11 Å². The summed E-state index contributed by atoms with van der Waals surface area (Å²) >= 11 is 0. The van der Waals surface area contributed by atoms with Gasteiger partial charge in [-0.2, -0.15) is 0 Å². The summed E-state index contributed by atoms with van der Waals surface area (Å²) < 4.78 is 5.14. The van der Waals surface area contributed by atoms with Gasteiger partial charge in [0.2, 0.25) is 0 Å². The predicted molar refractivity (Wildman–Crippen MR) is 86.6 cm³/mol. The van der Waals surface area contributed by atoms with Gasteiger partial charge >= 0.3 is 0 Å². The second-order valence-corrected chi connectivity index (χ2v) is 4.62. The lowest BCUT2D eigenvalue weighted by molar-refractivity contribution is 0.414. The van der Waals surface area contributed by atoms with E-state index in [4.69, 9.17) is 4.74 Å². The van der Waals surface area contributed by atoms with E-state index in [0.29, 0.717) is 0 Å². The van der Waals surface area contributed by atoms with Crippen LogP contribution in [-0.4, -0.2) is 7.11 Å². The van der Waals surface area contributed by atoms with Gasteiger partial charge in [-0.3, -0.25) is 0 Å². The van der Waals surface area contributed by atoms with Crippen molar-refractivity contribution in [3.8, 4) is 5.75 Å². The molecule has 3 heteroatoms.